The summed E-state index contributed by atoms with van der Waals surface area (Å²) in [4.78, 5) is 11.5. The minimum atomic E-state index is -0.810. The third kappa shape index (κ3) is 3.23. The van der Waals surface area contributed by atoms with E-state index >= 15 is 0 Å². The molecule has 2 heterocycles. The van der Waals surface area contributed by atoms with Crippen LogP contribution < -0.4 is 0 Å². The lowest BCUT2D eigenvalue weighted by atomic mass is 10.2. The van der Waals surface area contributed by atoms with Crippen molar-refractivity contribution in [2.75, 3.05) is 26.4 Å². The molecule has 1 N–H and O–H groups in total. The summed E-state index contributed by atoms with van der Waals surface area (Å²) in [5.41, 5.74) is 0. The Morgan fingerprint density at radius 3 is 2.75 bits per heavy atom. The fraction of sp³-hybridized carbons (Fsp3) is 0.769. The summed E-state index contributed by atoms with van der Waals surface area (Å²) in [5.74, 6) is -1.98. The molecule has 0 spiro atoms. The summed E-state index contributed by atoms with van der Waals surface area (Å²) < 4.78 is 26.7. The van der Waals surface area contributed by atoms with Crippen molar-refractivity contribution in [1.82, 2.24) is 0 Å². The number of hydrogen-bond donors (Lipinski definition) is 1. The normalized spacial score (nSPS) is 28.9. The summed E-state index contributed by atoms with van der Waals surface area (Å²) in [7, 11) is 0. The van der Waals surface area contributed by atoms with E-state index in [1.165, 1.54) is 0 Å². The third-order valence-electron chi connectivity index (χ3n) is 2.98. The Morgan fingerprint density at radius 2 is 2.15 bits per heavy atom. The zero-order valence-electron chi connectivity index (χ0n) is 11.9. The maximum absolute atomic E-state index is 11.5. The number of aliphatic hydroxyl groups is 1. The molecule has 0 bridgehead atoms. The number of carbonyl (C=O) groups is 1. The van der Waals surface area contributed by atoms with E-state index in [0.29, 0.717) is 13.2 Å². The number of rotatable bonds is 6. The van der Waals surface area contributed by atoms with Crippen molar-refractivity contribution in [2.45, 2.75) is 38.8 Å². The van der Waals surface area contributed by atoms with Crippen molar-refractivity contribution < 1.29 is 33.6 Å². The van der Waals surface area contributed by atoms with Crippen LogP contribution in [0.2, 0.25) is 0 Å². The molecule has 2 rings (SSSR count). The standard InChI is InChI=1S/C13H20O7/c1-4-16-5-6-17-11-9(14)12(15)19-10(11)8-7-18-13(2,3)20-8/h8,10,14H,4-7H2,1-3H3/t8-,10+/m0/s1. The largest absolute Gasteiger partial charge is 0.499 e. The van der Waals surface area contributed by atoms with Crippen molar-refractivity contribution in [2.24, 2.45) is 0 Å². The average molecular weight is 288 g/mol. The second kappa shape index (κ2) is 5.99. The molecule has 7 nitrogen and oxygen atoms in total. The van der Waals surface area contributed by atoms with Crippen molar-refractivity contribution in [3.63, 3.8) is 0 Å². The minimum Gasteiger partial charge on any atom is -0.499 e. The molecule has 0 aromatic heterocycles. The van der Waals surface area contributed by atoms with Gasteiger partial charge in [0.15, 0.2) is 17.7 Å². The van der Waals surface area contributed by atoms with E-state index in [1.54, 1.807) is 13.8 Å². The summed E-state index contributed by atoms with van der Waals surface area (Å²) in [6, 6.07) is 0. The first-order chi connectivity index (χ1) is 9.44. The molecule has 0 amide bonds. The zero-order valence-corrected chi connectivity index (χ0v) is 11.9. The molecule has 0 saturated carbocycles. The minimum absolute atomic E-state index is 0.0843. The van der Waals surface area contributed by atoms with Gasteiger partial charge in [0.05, 0.1) is 13.2 Å². The van der Waals surface area contributed by atoms with Crippen LogP contribution in [-0.2, 0) is 28.5 Å². The number of cyclic esters (lactones) is 1. The van der Waals surface area contributed by atoms with E-state index in [-0.39, 0.29) is 19.0 Å². The van der Waals surface area contributed by atoms with Gasteiger partial charge in [-0.2, -0.15) is 0 Å². The molecular weight excluding hydrogens is 268 g/mol. The van der Waals surface area contributed by atoms with E-state index in [1.807, 2.05) is 6.92 Å². The van der Waals surface area contributed by atoms with Crippen molar-refractivity contribution in [3.8, 4) is 0 Å². The Balaban J connectivity index is 1.99. The SMILES string of the molecule is CCOCCOC1=C(O)C(=O)O[C@@H]1[C@@H]1COC(C)(C)O1. The molecular formula is C13H20O7. The fourth-order valence-corrected chi connectivity index (χ4v) is 2.07. The highest BCUT2D eigenvalue weighted by atomic mass is 16.8. The van der Waals surface area contributed by atoms with Crippen LogP contribution in [0.3, 0.4) is 0 Å². The third-order valence-corrected chi connectivity index (χ3v) is 2.98. The van der Waals surface area contributed by atoms with Gasteiger partial charge in [0.25, 0.3) is 0 Å². The Labute approximate surface area is 117 Å². The molecule has 2 atom stereocenters. The van der Waals surface area contributed by atoms with Crippen LogP contribution in [-0.4, -0.2) is 55.5 Å². The van der Waals surface area contributed by atoms with Crippen LogP contribution in [0, 0.1) is 0 Å². The van der Waals surface area contributed by atoms with E-state index in [9.17, 15) is 9.90 Å². The molecule has 2 aliphatic rings. The van der Waals surface area contributed by atoms with Crippen LogP contribution in [0.5, 0.6) is 0 Å². The van der Waals surface area contributed by atoms with E-state index < -0.39 is 29.7 Å². The van der Waals surface area contributed by atoms with Gasteiger partial charge in [-0.15, -0.1) is 0 Å². The molecule has 0 radical (unpaired) electrons. The van der Waals surface area contributed by atoms with Gasteiger partial charge in [0, 0.05) is 6.61 Å². The summed E-state index contributed by atoms with van der Waals surface area (Å²) in [6.45, 7) is 6.82. The second-order valence-electron chi connectivity index (χ2n) is 4.95. The molecule has 1 saturated heterocycles. The van der Waals surface area contributed by atoms with Gasteiger partial charge >= 0.3 is 5.97 Å². The van der Waals surface area contributed by atoms with Crippen molar-refractivity contribution in [3.05, 3.63) is 11.5 Å². The first kappa shape index (κ1) is 15.1. The lowest BCUT2D eigenvalue weighted by Gasteiger charge is -2.21. The Kier molecular flexibility index (Phi) is 4.52. The van der Waals surface area contributed by atoms with Gasteiger partial charge in [0.2, 0.25) is 5.76 Å². The topological polar surface area (TPSA) is 83.5 Å². The zero-order chi connectivity index (χ0) is 14.8. The van der Waals surface area contributed by atoms with Gasteiger partial charge in [-0.05, 0) is 20.8 Å². The van der Waals surface area contributed by atoms with E-state index in [4.69, 9.17) is 23.7 Å². The van der Waals surface area contributed by atoms with Gasteiger partial charge in [-0.1, -0.05) is 0 Å². The van der Waals surface area contributed by atoms with Crippen LogP contribution in [0.15, 0.2) is 11.5 Å². The highest BCUT2D eigenvalue weighted by molar-refractivity contribution is 5.89. The average Bonchev–Trinajstić information content (AvgIpc) is 2.88. The monoisotopic (exact) mass is 288 g/mol. The number of esters is 1. The molecule has 2 aliphatic heterocycles. The number of ether oxygens (including phenoxy) is 5. The smallest absolute Gasteiger partial charge is 0.378 e. The summed E-state index contributed by atoms with van der Waals surface area (Å²) in [5, 5.41) is 9.72. The lowest BCUT2D eigenvalue weighted by molar-refractivity contribution is -0.163. The first-order valence-corrected chi connectivity index (χ1v) is 6.61. The Bertz CT molecular complexity index is 402. The summed E-state index contributed by atoms with van der Waals surface area (Å²) >= 11 is 0. The lowest BCUT2D eigenvalue weighted by Crippen LogP contribution is -2.33. The summed E-state index contributed by atoms with van der Waals surface area (Å²) in [6.07, 6.45) is -1.29. The number of carbonyl (C=O) groups excluding carboxylic acids is 1. The maximum Gasteiger partial charge on any atom is 0.378 e. The van der Waals surface area contributed by atoms with Crippen LogP contribution in [0.25, 0.3) is 0 Å². The quantitative estimate of drug-likeness (QED) is 0.574. The van der Waals surface area contributed by atoms with Gasteiger partial charge in [-0.3, -0.25) is 0 Å². The van der Waals surface area contributed by atoms with Gasteiger partial charge in [-0.25, -0.2) is 4.79 Å². The molecule has 0 unspecified atom stereocenters. The molecule has 0 aromatic carbocycles. The molecule has 0 aromatic rings. The molecule has 20 heavy (non-hydrogen) atoms. The number of hydrogen-bond acceptors (Lipinski definition) is 7. The van der Waals surface area contributed by atoms with Gasteiger partial charge in [0.1, 0.15) is 12.7 Å². The Hall–Kier alpha value is -1.31. The molecule has 114 valence electrons. The van der Waals surface area contributed by atoms with Crippen LogP contribution in [0.1, 0.15) is 20.8 Å². The van der Waals surface area contributed by atoms with E-state index in [2.05, 4.69) is 0 Å². The van der Waals surface area contributed by atoms with Crippen LogP contribution >= 0.6 is 0 Å². The Morgan fingerprint density at radius 1 is 1.40 bits per heavy atom. The number of aliphatic hydroxyl groups excluding tert-OH is 1. The predicted octanol–water partition coefficient (Wildman–Crippen LogP) is 0.886. The maximum atomic E-state index is 11.5. The van der Waals surface area contributed by atoms with E-state index in [0.717, 1.165) is 0 Å². The fourth-order valence-electron chi connectivity index (χ4n) is 2.07. The first-order valence-electron chi connectivity index (χ1n) is 6.61. The van der Waals surface area contributed by atoms with Gasteiger partial charge < -0.3 is 28.8 Å². The van der Waals surface area contributed by atoms with Crippen molar-refractivity contribution >= 4 is 5.97 Å². The highest BCUT2D eigenvalue weighted by Crippen LogP contribution is 2.32. The predicted molar refractivity (Wildman–Crippen MR) is 66.9 cm³/mol. The molecule has 0 aliphatic carbocycles. The highest BCUT2D eigenvalue weighted by Gasteiger charge is 2.47. The molecule has 1 fully saturated rings. The molecule has 7 heteroatoms. The van der Waals surface area contributed by atoms with Crippen LogP contribution in [0.4, 0.5) is 0 Å². The van der Waals surface area contributed by atoms with Crippen molar-refractivity contribution in [1.29, 1.82) is 0 Å². The second-order valence-corrected chi connectivity index (χ2v) is 4.95.